The van der Waals surface area contributed by atoms with E-state index in [4.69, 9.17) is 4.74 Å². The van der Waals surface area contributed by atoms with Gasteiger partial charge in [-0.2, -0.15) is 0 Å². The molecule has 0 amide bonds. The van der Waals surface area contributed by atoms with Crippen molar-refractivity contribution in [2.24, 2.45) is 0 Å². The predicted molar refractivity (Wildman–Crippen MR) is 66.7 cm³/mol. The first-order chi connectivity index (χ1) is 7.65. The molecule has 3 nitrogen and oxygen atoms in total. The molecule has 94 valence electrons. The standard InChI is InChI=1S/C13H26N2O/c1-10-8-12(6-7-15(10)3)14-9-13-5-4-11(2)16-13/h10-14H,4-9H2,1-3H3. The lowest BCUT2D eigenvalue weighted by atomic mass is 9.99. The molecule has 2 heterocycles. The van der Waals surface area contributed by atoms with E-state index in [2.05, 4.69) is 31.1 Å². The number of nitrogens with one attached hydrogen (secondary N) is 1. The van der Waals surface area contributed by atoms with Crippen molar-refractivity contribution < 1.29 is 4.74 Å². The van der Waals surface area contributed by atoms with Gasteiger partial charge in [0.05, 0.1) is 12.2 Å². The molecule has 2 fully saturated rings. The summed E-state index contributed by atoms with van der Waals surface area (Å²) in [7, 11) is 2.22. The van der Waals surface area contributed by atoms with E-state index in [0.29, 0.717) is 18.2 Å². The summed E-state index contributed by atoms with van der Waals surface area (Å²) in [6.07, 6.45) is 5.96. The molecule has 4 unspecified atom stereocenters. The first-order valence-electron chi connectivity index (χ1n) is 6.74. The van der Waals surface area contributed by atoms with Crippen LogP contribution in [-0.2, 0) is 4.74 Å². The molecular formula is C13H26N2O. The third kappa shape index (κ3) is 3.19. The summed E-state index contributed by atoms with van der Waals surface area (Å²) in [6, 6.07) is 1.42. The fourth-order valence-electron chi connectivity index (χ4n) is 2.81. The van der Waals surface area contributed by atoms with Crippen LogP contribution < -0.4 is 5.32 Å². The molecule has 4 atom stereocenters. The van der Waals surface area contributed by atoms with Crippen LogP contribution in [-0.4, -0.2) is 49.3 Å². The fraction of sp³-hybridized carbons (Fsp3) is 1.00. The fourth-order valence-corrected chi connectivity index (χ4v) is 2.81. The van der Waals surface area contributed by atoms with E-state index in [9.17, 15) is 0 Å². The lowest BCUT2D eigenvalue weighted by Gasteiger charge is -2.35. The summed E-state index contributed by atoms with van der Waals surface area (Å²) in [4.78, 5) is 2.45. The van der Waals surface area contributed by atoms with Gasteiger partial charge in [-0.25, -0.2) is 0 Å². The van der Waals surface area contributed by atoms with Gasteiger partial charge in [-0.1, -0.05) is 0 Å². The molecule has 0 aliphatic carbocycles. The Morgan fingerprint density at radius 1 is 1.25 bits per heavy atom. The Hall–Kier alpha value is -0.120. The summed E-state index contributed by atoms with van der Waals surface area (Å²) in [5, 5.41) is 3.68. The van der Waals surface area contributed by atoms with Crippen LogP contribution in [0.4, 0.5) is 0 Å². The second kappa shape index (κ2) is 5.48. The van der Waals surface area contributed by atoms with Gasteiger partial charge >= 0.3 is 0 Å². The summed E-state index contributed by atoms with van der Waals surface area (Å²) in [5.41, 5.74) is 0. The van der Waals surface area contributed by atoms with Gasteiger partial charge in [0, 0.05) is 18.6 Å². The van der Waals surface area contributed by atoms with Gasteiger partial charge in [0.25, 0.3) is 0 Å². The van der Waals surface area contributed by atoms with E-state index in [-0.39, 0.29) is 0 Å². The summed E-state index contributed by atoms with van der Waals surface area (Å²) in [6.45, 7) is 6.77. The van der Waals surface area contributed by atoms with Crippen LogP contribution >= 0.6 is 0 Å². The average Bonchev–Trinajstić information content (AvgIpc) is 2.66. The Bertz CT molecular complexity index is 222. The van der Waals surface area contributed by atoms with E-state index in [1.54, 1.807) is 0 Å². The topological polar surface area (TPSA) is 24.5 Å². The average molecular weight is 226 g/mol. The summed E-state index contributed by atoms with van der Waals surface area (Å²) in [5.74, 6) is 0. The Morgan fingerprint density at radius 2 is 2.06 bits per heavy atom. The Kier molecular flexibility index (Phi) is 4.22. The summed E-state index contributed by atoms with van der Waals surface area (Å²) >= 11 is 0. The molecule has 0 radical (unpaired) electrons. The maximum atomic E-state index is 5.83. The van der Waals surface area contributed by atoms with Gasteiger partial charge in [-0.3, -0.25) is 0 Å². The second-order valence-electron chi connectivity index (χ2n) is 5.61. The smallest absolute Gasteiger partial charge is 0.0704 e. The monoisotopic (exact) mass is 226 g/mol. The molecule has 0 bridgehead atoms. The van der Waals surface area contributed by atoms with Crippen molar-refractivity contribution in [3.05, 3.63) is 0 Å². The lowest BCUT2D eigenvalue weighted by molar-refractivity contribution is 0.0513. The van der Waals surface area contributed by atoms with Crippen molar-refractivity contribution in [1.82, 2.24) is 10.2 Å². The molecule has 3 heteroatoms. The van der Waals surface area contributed by atoms with Crippen LogP contribution in [0, 0.1) is 0 Å². The highest BCUT2D eigenvalue weighted by molar-refractivity contribution is 4.83. The van der Waals surface area contributed by atoms with Gasteiger partial charge in [-0.05, 0) is 53.1 Å². The minimum Gasteiger partial charge on any atom is -0.374 e. The van der Waals surface area contributed by atoms with Crippen molar-refractivity contribution in [2.75, 3.05) is 20.1 Å². The van der Waals surface area contributed by atoms with E-state index >= 15 is 0 Å². The molecule has 1 N–H and O–H groups in total. The Morgan fingerprint density at radius 3 is 2.69 bits per heavy atom. The van der Waals surface area contributed by atoms with E-state index in [1.165, 1.54) is 32.2 Å². The maximum Gasteiger partial charge on any atom is 0.0704 e. The molecule has 0 aromatic heterocycles. The Balaban J connectivity index is 1.66. The zero-order valence-electron chi connectivity index (χ0n) is 10.9. The van der Waals surface area contributed by atoms with Crippen LogP contribution in [0.15, 0.2) is 0 Å². The van der Waals surface area contributed by atoms with Crippen molar-refractivity contribution in [3.8, 4) is 0 Å². The number of ether oxygens (including phenoxy) is 1. The van der Waals surface area contributed by atoms with Gasteiger partial charge in [0.15, 0.2) is 0 Å². The van der Waals surface area contributed by atoms with E-state index in [1.807, 2.05) is 0 Å². The molecular weight excluding hydrogens is 200 g/mol. The Labute approximate surface area is 99.5 Å². The van der Waals surface area contributed by atoms with Crippen molar-refractivity contribution >= 4 is 0 Å². The van der Waals surface area contributed by atoms with E-state index in [0.717, 1.165) is 12.6 Å². The highest BCUT2D eigenvalue weighted by atomic mass is 16.5. The van der Waals surface area contributed by atoms with Crippen LogP contribution in [0.1, 0.15) is 39.5 Å². The number of nitrogens with zero attached hydrogens (tertiary/aromatic N) is 1. The molecule has 2 aliphatic rings. The third-order valence-corrected chi connectivity index (χ3v) is 4.16. The van der Waals surface area contributed by atoms with Crippen molar-refractivity contribution in [3.63, 3.8) is 0 Å². The third-order valence-electron chi connectivity index (χ3n) is 4.16. The zero-order valence-corrected chi connectivity index (χ0v) is 10.9. The van der Waals surface area contributed by atoms with Crippen molar-refractivity contribution in [1.29, 1.82) is 0 Å². The van der Waals surface area contributed by atoms with Crippen LogP contribution in [0.3, 0.4) is 0 Å². The van der Waals surface area contributed by atoms with Crippen LogP contribution in [0.5, 0.6) is 0 Å². The molecule has 2 saturated heterocycles. The minimum atomic E-state index is 0.463. The first-order valence-corrected chi connectivity index (χ1v) is 6.74. The molecule has 0 spiro atoms. The number of piperidine rings is 1. The van der Waals surface area contributed by atoms with Gasteiger partial charge < -0.3 is 15.0 Å². The zero-order chi connectivity index (χ0) is 11.5. The SMILES string of the molecule is CC1CCC(CNC2CCN(C)C(C)C2)O1. The predicted octanol–water partition coefficient (Wildman–Crippen LogP) is 1.63. The summed E-state index contributed by atoms with van der Waals surface area (Å²) < 4.78 is 5.83. The minimum absolute atomic E-state index is 0.463. The lowest BCUT2D eigenvalue weighted by Crippen LogP contribution is -2.47. The van der Waals surface area contributed by atoms with E-state index < -0.39 is 0 Å². The second-order valence-corrected chi connectivity index (χ2v) is 5.61. The highest BCUT2D eigenvalue weighted by Gasteiger charge is 2.25. The van der Waals surface area contributed by atoms with Crippen LogP contribution in [0.2, 0.25) is 0 Å². The molecule has 16 heavy (non-hydrogen) atoms. The molecule has 2 rings (SSSR count). The van der Waals surface area contributed by atoms with Gasteiger partial charge in [-0.15, -0.1) is 0 Å². The van der Waals surface area contributed by atoms with Crippen LogP contribution in [0.25, 0.3) is 0 Å². The number of rotatable bonds is 3. The largest absolute Gasteiger partial charge is 0.374 e. The number of hydrogen-bond acceptors (Lipinski definition) is 3. The molecule has 2 aliphatic heterocycles. The van der Waals surface area contributed by atoms with Crippen molar-refractivity contribution in [2.45, 2.75) is 63.8 Å². The van der Waals surface area contributed by atoms with Gasteiger partial charge in [0.2, 0.25) is 0 Å². The quantitative estimate of drug-likeness (QED) is 0.791. The molecule has 0 aromatic rings. The first kappa shape index (κ1) is 12.3. The molecule has 0 saturated carbocycles. The van der Waals surface area contributed by atoms with Gasteiger partial charge in [0.1, 0.15) is 0 Å². The number of hydrogen-bond donors (Lipinski definition) is 1. The maximum absolute atomic E-state index is 5.83. The highest BCUT2D eigenvalue weighted by Crippen LogP contribution is 2.20. The normalized spacial score (nSPS) is 41.4. The molecule has 0 aromatic carbocycles. The number of likely N-dealkylation sites (tertiary alicyclic amines) is 1.